The fourth-order valence-corrected chi connectivity index (χ4v) is 0.880. The summed E-state index contributed by atoms with van der Waals surface area (Å²) in [5, 5.41) is 2.72. The molecule has 0 aliphatic rings. The monoisotopic (exact) mass is 179 g/mol. The Kier molecular flexibility index (Phi) is 3.25. The van der Waals surface area contributed by atoms with Gasteiger partial charge in [-0.05, 0) is 6.92 Å². The average Bonchev–Trinajstić information content (AvgIpc) is 2.56. The Labute approximate surface area is 77.1 Å². The summed E-state index contributed by atoms with van der Waals surface area (Å²) in [4.78, 5) is 18.0. The summed E-state index contributed by atoms with van der Waals surface area (Å²) in [5.74, 6) is 0.772. The van der Waals surface area contributed by atoms with Crippen molar-refractivity contribution in [2.45, 2.75) is 13.3 Å². The molecule has 4 nitrogen and oxygen atoms in total. The van der Waals surface area contributed by atoms with Gasteiger partial charge in [0.15, 0.2) is 0 Å². The highest BCUT2D eigenvalue weighted by Gasteiger charge is 2.00. The number of imidazole rings is 1. The molecule has 70 valence electrons. The highest BCUT2D eigenvalue weighted by Crippen LogP contribution is 1.89. The van der Waals surface area contributed by atoms with Crippen LogP contribution in [-0.2, 0) is 11.2 Å². The second-order valence-electron chi connectivity index (χ2n) is 2.82. The first-order valence-electron chi connectivity index (χ1n) is 4.12. The molecule has 0 saturated heterocycles. The van der Waals surface area contributed by atoms with Crippen LogP contribution >= 0.6 is 0 Å². The zero-order chi connectivity index (χ0) is 9.68. The van der Waals surface area contributed by atoms with Gasteiger partial charge in [-0.15, -0.1) is 0 Å². The lowest BCUT2D eigenvalue weighted by Gasteiger charge is -2.02. The van der Waals surface area contributed by atoms with Gasteiger partial charge in [-0.2, -0.15) is 0 Å². The van der Waals surface area contributed by atoms with E-state index >= 15 is 0 Å². The Morgan fingerprint density at radius 2 is 2.54 bits per heavy atom. The summed E-state index contributed by atoms with van der Waals surface area (Å²) in [6, 6.07) is 0. The van der Waals surface area contributed by atoms with Gasteiger partial charge >= 0.3 is 0 Å². The van der Waals surface area contributed by atoms with Crippen molar-refractivity contribution in [3.63, 3.8) is 0 Å². The van der Waals surface area contributed by atoms with Crippen LogP contribution in [0.2, 0.25) is 0 Å². The van der Waals surface area contributed by atoms with Gasteiger partial charge in [-0.3, -0.25) is 4.79 Å². The molecule has 1 rings (SSSR count). The number of H-pyrrole nitrogens is 1. The van der Waals surface area contributed by atoms with Crippen molar-refractivity contribution < 1.29 is 4.79 Å². The van der Waals surface area contributed by atoms with Crippen molar-refractivity contribution in [2.24, 2.45) is 0 Å². The molecule has 1 aromatic heterocycles. The second kappa shape index (κ2) is 4.45. The van der Waals surface area contributed by atoms with Gasteiger partial charge in [-0.25, -0.2) is 4.98 Å². The van der Waals surface area contributed by atoms with Crippen molar-refractivity contribution in [1.82, 2.24) is 15.3 Å². The van der Waals surface area contributed by atoms with Crippen molar-refractivity contribution in [1.29, 1.82) is 0 Å². The van der Waals surface area contributed by atoms with E-state index in [1.165, 1.54) is 0 Å². The standard InChI is InChI=1S/C9H13N3O/c1-7(2)9(13)12-4-3-8-10-5-6-11-8/h5-6H,1,3-4H2,2H3,(H,10,11)(H,12,13). The van der Waals surface area contributed by atoms with Crippen molar-refractivity contribution in [3.05, 3.63) is 30.4 Å². The van der Waals surface area contributed by atoms with Crippen molar-refractivity contribution in [3.8, 4) is 0 Å². The normalized spacial score (nSPS) is 9.62. The van der Waals surface area contributed by atoms with E-state index in [4.69, 9.17) is 0 Å². The Morgan fingerprint density at radius 1 is 1.77 bits per heavy atom. The molecule has 0 aromatic carbocycles. The Bertz CT molecular complexity index is 290. The van der Waals surface area contributed by atoms with E-state index in [1.807, 2.05) is 0 Å². The van der Waals surface area contributed by atoms with Crippen LogP contribution < -0.4 is 5.32 Å². The zero-order valence-corrected chi connectivity index (χ0v) is 7.63. The van der Waals surface area contributed by atoms with Crippen LogP contribution in [0.1, 0.15) is 12.7 Å². The fraction of sp³-hybridized carbons (Fsp3) is 0.333. The van der Waals surface area contributed by atoms with Gasteiger partial charge in [-0.1, -0.05) is 6.58 Å². The predicted molar refractivity (Wildman–Crippen MR) is 50.1 cm³/mol. The minimum Gasteiger partial charge on any atom is -0.352 e. The maximum absolute atomic E-state index is 11.0. The fourth-order valence-electron chi connectivity index (χ4n) is 0.880. The molecule has 0 bridgehead atoms. The number of carbonyl (C=O) groups excluding carboxylic acids is 1. The minimum absolute atomic E-state index is 0.105. The first kappa shape index (κ1) is 9.51. The number of aromatic amines is 1. The van der Waals surface area contributed by atoms with Crippen LogP contribution in [0, 0.1) is 0 Å². The third kappa shape index (κ3) is 3.11. The number of nitrogens with zero attached hydrogens (tertiary/aromatic N) is 1. The summed E-state index contributed by atoms with van der Waals surface area (Å²) in [6.07, 6.45) is 4.16. The molecule has 2 N–H and O–H groups in total. The summed E-state index contributed by atoms with van der Waals surface area (Å²) < 4.78 is 0. The van der Waals surface area contributed by atoms with Crippen molar-refractivity contribution >= 4 is 5.91 Å². The lowest BCUT2D eigenvalue weighted by atomic mass is 10.3. The quantitative estimate of drug-likeness (QED) is 0.666. The molecule has 0 spiro atoms. The molecule has 0 aliphatic heterocycles. The van der Waals surface area contributed by atoms with Crippen LogP contribution in [0.4, 0.5) is 0 Å². The van der Waals surface area contributed by atoms with Crippen LogP contribution in [-0.4, -0.2) is 22.4 Å². The van der Waals surface area contributed by atoms with Crippen LogP contribution in [0.5, 0.6) is 0 Å². The van der Waals surface area contributed by atoms with Gasteiger partial charge in [0, 0.05) is 30.9 Å². The molecule has 0 unspecified atom stereocenters. The molecule has 0 saturated carbocycles. The SMILES string of the molecule is C=C(C)C(=O)NCCc1ncc[nH]1. The Hall–Kier alpha value is -1.58. The van der Waals surface area contributed by atoms with E-state index in [2.05, 4.69) is 21.9 Å². The van der Waals surface area contributed by atoms with E-state index < -0.39 is 0 Å². The molecule has 13 heavy (non-hydrogen) atoms. The zero-order valence-electron chi connectivity index (χ0n) is 7.63. The topological polar surface area (TPSA) is 57.8 Å². The third-order valence-corrected chi connectivity index (χ3v) is 1.59. The number of carbonyl (C=O) groups is 1. The van der Waals surface area contributed by atoms with E-state index in [0.717, 1.165) is 5.82 Å². The molecule has 0 atom stereocenters. The first-order chi connectivity index (χ1) is 6.20. The minimum atomic E-state index is -0.105. The molecular weight excluding hydrogens is 166 g/mol. The largest absolute Gasteiger partial charge is 0.352 e. The summed E-state index contributed by atoms with van der Waals surface area (Å²) in [6.45, 7) is 5.80. The van der Waals surface area contributed by atoms with E-state index in [0.29, 0.717) is 18.5 Å². The highest BCUT2D eigenvalue weighted by atomic mass is 16.1. The predicted octanol–water partition coefficient (Wildman–Crippen LogP) is 0.644. The smallest absolute Gasteiger partial charge is 0.246 e. The van der Waals surface area contributed by atoms with E-state index in [1.54, 1.807) is 19.3 Å². The maximum Gasteiger partial charge on any atom is 0.246 e. The second-order valence-corrected chi connectivity index (χ2v) is 2.82. The van der Waals surface area contributed by atoms with Crippen LogP contribution in [0.25, 0.3) is 0 Å². The summed E-state index contributed by atoms with van der Waals surface area (Å²) in [5.41, 5.74) is 0.527. The summed E-state index contributed by atoms with van der Waals surface area (Å²) >= 11 is 0. The van der Waals surface area contributed by atoms with Gasteiger partial charge in [0.05, 0.1) is 0 Å². The molecule has 0 fully saturated rings. The maximum atomic E-state index is 11.0. The Balaban J connectivity index is 2.22. The number of rotatable bonds is 4. The Morgan fingerprint density at radius 3 is 3.08 bits per heavy atom. The molecule has 4 heteroatoms. The molecule has 0 radical (unpaired) electrons. The average molecular weight is 179 g/mol. The van der Waals surface area contributed by atoms with Crippen LogP contribution in [0.15, 0.2) is 24.5 Å². The van der Waals surface area contributed by atoms with E-state index in [-0.39, 0.29) is 5.91 Å². The van der Waals surface area contributed by atoms with Gasteiger partial charge in [0.1, 0.15) is 5.82 Å². The highest BCUT2D eigenvalue weighted by molar-refractivity contribution is 5.92. The van der Waals surface area contributed by atoms with Gasteiger partial charge in [0.25, 0.3) is 0 Å². The first-order valence-corrected chi connectivity index (χ1v) is 4.12. The number of nitrogens with one attached hydrogen (secondary N) is 2. The molecule has 1 amide bonds. The molecule has 0 aliphatic carbocycles. The number of hydrogen-bond acceptors (Lipinski definition) is 2. The molecule has 1 aromatic rings. The number of amides is 1. The molecule has 1 heterocycles. The van der Waals surface area contributed by atoms with E-state index in [9.17, 15) is 4.79 Å². The van der Waals surface area contributed by atoms with Gasteiger partial charge in [0.2, 0.25) is 5.91 Å². The van der Waals surface area contributed by atoms with Gasteiger partial charge < -0.3 is 10.3 Å². The van der Waals surface area contributed by atoms with Crippen molar-refractivity contribution in [2.75, 3.05) is 6.54 Å². The lowest BCUT2D eigenvalue weighted by Crippen LogP contribution is -2.26. The third-order valence-electron chi connectivity index (χ3n) is 1.59. The lowest BCUT2D eigenvalue weighted by molar-refractivity contribution is -0.117. The number of hydrogen-bond donors (Lipinski definition) is 2. The van der Waals surface area contributed by atoms with Crippen LogP contribution in [0.3, 0.4) is 0 Å². The number of aromatic nitrogens is 2. The summed E-state index contributed by atoms with van der Waals surface area (Å²) in [7, 11) is 0. The molecular formula is C9H13N3O.